The molecule has 0 unspecified atom stereocenters. The van der Waals surface area contributed by atoms with Crippen LogP contribution >= 0.6 is 11.3 Å². The fourth-order valence-corrected chi connectivity index (χ4v) is 5.42. The molecule has 4 aromatic rings. The van der Waals surface area contributed by atoms with Gasteiger partial charge in [-0.15, -0.1) is 11.3 Å². The largest absolute Gasteiger partial charge is 0.338 e. The lowest BCUT2D eigenvalue weighted by Crippen LogP contribution is -2.42. The molecule has 0 spiro atoms. The van der Waals surface area contributed by atoms with Crippen LogP contribution in [0.1, 0.15) is 60.7 Å². The van der Waals surface area contributed by atoms with E-state index in [1.54, 1.807) is 21.2 Å². The van der Waals surface area contributed by atoms with Crippen molar-refractivity contribution in [3.8, 4) is 5.69 Å². The van der Waals surface area contributed by atoms with Crippen LogP contribution in [-0.2, 0) is 0 Å². The van der Waals surface area contributed by atoms with Gasteiger partial charge in [0.2, 0.25) is 0 Å². The van der Waals surface area contributed by atoms with Gasteiger partial charge in [0.25, 0.3) is 17.7 Å². The second-order valence-electron chi connectivity index (χ2n) is 9.06. The number of aromatic nitrogens is 3. The van der Waals surface area contributed by atoms with Crippen LogP contribution in [0.3, 0.4) is 0 Å². The standard InChI is InChI=1S/C27H24F2N6O3S/c1-16-21(14-30-35(16)19-5-3-2-4-6-19)27(38)34-11-9-17(10-12-34)26-31-23(15-39-26)25(37)33-32-24(36)20-8-7-18(28)13-22(20)29/h2-8,13-15,17H,9-12H2,1H3,(H,32,36)(H,33,37). The molecule has 9 nitrogen and oxygen atoms in total. The van der Waals surface area contributed by atoms with E-state index in [1.807, 2.05) is 37.3 Å². The number of hydrazine groups is 1. The molecular formula is C27H24F2N6O3S. The zero-order valence-electron chi connectivity index (χ0n) is 20.9. The summed E-state index contributed by atoms with van der Waals surface area (Å²) in [6.07, 6.45) is 2.98. The highest BCUT2D eigenvalue weighted by Crippen LogP contribution is 2.31. The van der Waals surface area contributed by atoms with Crippen molar-refractivity contribution in [3.05, 3.63) is 99.3 Å². The number of likely N-dealkylation sites (tertiary alicyclic amines) is 1. The summed E-state index contributed by atoms with van der Waals surface area (Å²) >= 11 is 1.33. The average Bonchev–Trinajstić information content (AvgIpc) is 3.59. The molecule has 2 aromatic carbocycles. The van der Waals surface area contributed by atoms with Gasteiger partial charge in [-0.05, 0) is 44.0 Å². The Morgan fingerprint density at radius 2 is 1.69 bits per heavy atom. The maximum Gasteiger partial charge on any atom is 0.289 e. The predicted octanol–water partition coefficient (Wildman–Crippen LogP) is 4.01. The highest BCUT2D eigenvalue weighted by Gasteiger charge is 2.28. The minimum absolute atomic E-state index is 0.0688. The van der Waals surface area contributed by atoms with Gasteiger partial charge in [-0.2, -0.15) is 5.10 Å². The number of halogens is 2. The summed E-state index contributed by atoms with van der Waals surface area (Å²) in [5, 5.41) is 6.74. The zero-order chi connectivity index (χ0) is 27.5. The van der Waals surface area contributed by atoms with Gasteiger partial charge in [0.15, 0.2) is 0 Å². The van der Waals surface area contributed by atoms with Crippen molar-refractivity contribution >= 4 is 29.1 Å². The number of nitrogens with one attached hydrogen (secondary N) is 2. The lowest BCUT2D eigenvalue weighted by Gasteiger charge is -2.31. The highest BCUT2D eigenvalue weighted by molar-refractivity contribution is 7.09. The Morgan fingerprint density at radius 1 is 0.974 bits per heavy atom. The summed E-state index contributed by atoms with van der Waals surface area (Å²) < 4.78 is 28.6. The molecule has 39 heavy (non-hydrogen) atoms. The van der Waals surface area contributed by atoms with Gasteiger partial charge < -0.3 is 4.90 Å². The molecule has 0 aliphatic carbocycles. The number of carbonyl (C=O) groups excluding carboxylic acids is 3. The van der Waals surface area contributed by atoms with Crippen LogP contribution in [0, 0.1) is 18.6 Å². The SMILES string of the molecule is Cc1c(C(=O)N2CCC(c3nc(C(=O)NNC(=O)c4ccc(F)cc4F)cs3)CC2)cnn1-c1ccccc1. The van der Waals surface area contributed by atoms with Crippen molar-refractivity contribution in [2.45, 2.75) is 25.7 Å². The van der Waals surface area contributed by atoms with Crippen LogP contribution in [0.4, 0.5) is 8.78 Å². The molecule has 1 aliphatic heterocycles. The minimum Gasteiger partial charge on any atom is -0.338 e. The molecule has 0 radical (unpaired) electrons. The van der Waals surface area contributed by atoms with Crippen molar-refractivity contribution in [2.75, 3.05) is 13.1 Å². The van der Waals surface area contributed by atoms with Crippen LogP contribution in [0.25, 0.3) is 5.69 Å². The van der Waals surface area contributed by atoms with Gasteiger partial charge in [-0.1, -0.05) is 18.2 Å². The van der Waals surface area contributed by atoms with E-state index in [2.05, 4.69) is 20.9 Å². The summed E-state index contributed by atoms with van der Waals surface area (Å²) in [7, 11) is 0. The maximum absolute atomic E-state index is 13.8. The lowest BCUT2D eigenvalue weighted by atomic mass is 9.97. The number of para-hydroxylation sites is 1. The first-order valence-electron chi connectivity index (χ1n) is 12.2. The molecule has 200 valence electrons. The highest BCUT2D eigenvalue weighted by atomic mass is 32.1. The van der Waals surface area contributed by atoms with E-state index in [1.165, 1.54) is 11.3 Å². The van der Waals surface area contributed by atoms with Crippen LogP contribution in [0.2, 0.25) is 0 Å². The van der Waals surface area contributed by atoms with E-state index >= 15 is 0 Å². The number of nitrogens with zero attached hydrogens (tertiary/aromatic N) is 4. The second-order valence-corrected chi connectivity index (χ2v) is 9.95. The number of rotatable bonds is 5. The summed E-state index contributed by atoms with van der Waals surface area (Å²) in [6, 6.07) is 12.1. The minimum atomic E-state index is -1.04. The third-order valence-corrected chi connectivity index (χ3v) is 7.60. The zero-order valence-corrected chi connectivity index (χ0v) is 21.7. The van der Waals surface area contributed by atoms with Gasteiger partial charge >= 0.3 is 0 Å². The molecule has 2 N–H and O–H groups in total. The third kappa shape index (κ3) is 5.55. The number of thiazole rings is 1. The Balaban J connectivity index is 1.15. The fourth-order valence-electron chi connectivity index (χ4n) is 4.45. The Kier molecular flexibility index (Phi) is 7.46. The molecule has 1 fully saturated rings. The van der Waals surface area contributed by atoms with Crippen LogP contribution < -0.4 is 10.9 Å². The maximum atomic E-state index is 13.8. The van der Waals surface area contributed by atoms with E-state index in [0.29, 0.717) is 37.6 Å². The monoisotopic (exact) mass is 550 g/mol. The van der Waals surface area contributed by atoms with E-state index in [9.17, 15) is 23.2 Å². The number of hydrogen-bond acceptors (Lipinski definition) is 6. The molecule has 0 atom stereocenters. The smallest absolute Gasteiger partial charge is 0.289 e. The number of hydrogen-bond donors (Lipinski definition) is 2. The van der Waals surface area contributed by atoms with Crippen molar-refractivity contribution < 1.29 is 23.2 Å². The van der Waals surface area contributed by atoms with Crippen LogP contribution in [-0.4, -0.2) is 50.5 Å². The molecule has 1 saturated heterocycles. The Bertz CT molecular complexity index is 1530. The summed E-state index contributed by atoms with van der Waals surface area (Å²) in [6.45, 7) is 2.96. The number of amides is 3. The molecule has 12 heteroatoms. The van der Waals surface area contributed by atoms with E-state index in [0.717, 1.165) is 28.5 Å². The molecule has 3 amide bonds. The van der Waals surface area contributed by atoms with E-state index in [-0.39, 0.29) is 17.5 Å². The predicted molar refractivity (Wildman–Crippen MR) is 140 cm³/mol. The topological polar surface area (TPSA) is 109 Å². The first-order chi connectivity index (χ1) is 18.8. The number of carbonyl (C=O) groups is 3. The van der Waals surface area contributed by atoms with Gasteiger partial charge in [0.1, 0.15) is 17.3 Å². The molecule has 3 heterocycles. The Hall–Kier alpha value is -4.45. The van der Waals surface area contributed by atoms with Crippen molar-refractivity contribution in [3.63, 3.8) is 0 Å². The van der Waals surface area contributed by atoms with Crippen molar-refractivity contribution in [2.24, 2.45) is 0 Å². The van der Waals surface area contributed by atoms with E-state index in [4.69, 9.17) is 0 Å². The molecule has 1 aliphatic rings. The fraction of sp³-hybridized carbons (Fsp3) is 0.222. The van der Waals surface area contributed by atoms with Gasteiger partial charge in [-0.3, -0.25) is 25.2 Å². The number of benzene rings is 2. The van der Waals surface area contributed by atoms with Crippen molar-refractivity contribution in [1.82, 2.24) is 30.5 Å². The molecule has 0 saturated carbocycles. The van der Waals surface area contributed by atoms with Gasteiger partial charge in [-0.25, -0.2) is 18.4 Å². The van der Waals surface area contributed by atoms with Crippen LogP contribution in [0.15, 0.2) is 60.1 Å². The average molecular weight is 551 g/mol. The van der Waals surface area contributed by atoms with Crippen LogP contribution in [0.5, 0.6) is 0 Å². The third-order valence-electron chi connectivity index (χ3n) is 6.59. The summed E-state index contributed by atoms with van der Waals surface area (Å²) in [4.78, 5) is 44.0. The molecular weight excluding hydrogens is 526 g/mol. The summed E-state index contributed by atoms with van der Waals surface area (Å²) in [5.74, 6) is -3.42. The Labute approximate surface area is 226 Å². The summed E-state index contributed by atoms with van der Waals surface area (Å²) in [5.41, 5.74) is 6.24. The van der Waals surface area contributed by atoms with Gasteiger partial charge in [0.05, 0.1) is 33.7 Å². The number of piperidine rings is 1. The second kappa shape index (κ2) is 11.1. The first kappa shape index (κ1) is 26.2. The normalized spacial score (nSPS) is 13.8. The molecule has 2 aromatic heterocycles. The van der Waals surface area contributed by atoms with Crippen molar-refractivity contribution in [1.29, 1.82) is 0 Å². The molecule has 5 rings (SSSR count). The molecule has 0 bridgehead atoms. The Morgan fingerprint density at radius 3 is 2.41 bits per heavy atom. The lowest BCUT2D eigenvalue weighted by molar-refractivity contribution is 0.0712. The van der Waals surface area contributed by atoms with E-state index < -0.39 is 29.0 Å². The first-order valence-corrected chi connectivity index (χ1v) is 13.1. The quantitative estimate of drug-likeness (QED) is 0.365. The van der Waals surface area contributed by atoms with Gasteiger partial charge in [0, 0.05) is 30.5 Å².